The first-order valence-corrected chi connectivity index (χ1v) is 9.13. The highest BCUT2D eigenvalue weighted by molar-refractivity contribution is 5.80. The molecule has 5 heteroatoms. The van der Waals surface area contributed by atoms with Crippen LogP contribution in [-0.2, 0) is 9.53 Å². The van der Waals surface area contributed by atoms with E-state index >= 15 is 0 Å². The fraction of sp³-hybridized carbons (Fsp3) is 0.632. The van der Waals surface area contributed by atoms with Gasteiger partial charge in [-0.05, 0) is 31.4 Å². The zero-order valence-electron chi connectivity index (χ0n) is 14.7. The molecule has 1 aliphatic rings. The summed E-state index contributed by atoms with van der Waals surface area (Å²) >= 11 is 0. The van der Waals surface area contributed by atoms with Gasteiger partial charge in [-0.1, -0.05) is 32.3 Å². The molecule has 2 rings (SSSR count). The lowest BCUT2D eigenvalue weighted by atomic mass is 10.2. The van der Waals surface area contributed by atoms with E-state index in [9.17, 15) is 4.79 Å². The number of rotatable bonds is 11. The number of nitrogens with one attached hydrogen (secondary N) is 2. The number of anilines is 1. The standard InChI is InChI=1S/C19H30N2O3/c1-2-3-4-5-11-23-17-9-6-8-16(13-17)20-15-19(22)21-14-18-10-7-12-24-18/h6,8-9,13,18,20H,2-5,7,10-12,14-15H2,1H3,(H,21,22). The first kappa shape index (κ1) is 18.6. The summed E-state index contributed by atoms with van der Waals surface area (Å²) < 4.78 is 11.3. The minimum atomic E-state index is -0.0172. The van der Waals surface area contributed by atoms with E-state index in [4.69, 9.17) is 9.47 Å². The Balaban J connectivity index is 1.64. The molecule has 1 amide bonds. The molecule has 1 heterocycles. The van der Waals surface area contributed by atoms with Gasteiger partial charge in [0.2, 0.25) is 5.91 Å². The van der Waals surface area contributed by atoms with E-state index in [2.05, 4.69) is 17.6 Å². The fourth-order valence-corrected chi connectivity index (χ4v) is 2.69. The molecule has 1 unspecified atom stereocenters. The average molecular weight is 334 g/mol. The van der Waals surface area contributed by atoms with Crippen LogP contribution in [0.1, 0.15) is 45.4 Å². The summed E-state index contributed by atoms with van der Waals surface area (Å²) in [6, 6.07) is 7.76. The second-order valence-corrected chi connectivity index (χ2v) is 6.23. The molecule has 0 saturated carbocycles. The van der Waals surface area contributed by atoms with E-state index in [1.807, 2.05) is 24.3 Å². The summed E-state index contributed by atoms with van der Waals surface area (Å²) in [5, 5.41) is 6.04. The molecule has 0 aromatic heterocycles. The van der Waals surface area contributed by atoms with Gasteiger partial charge in [-0.15, -0.1) is 0 Å². The molecule has 1 aromatic rings. The quantitative estimate of drug-likeness (QED) is 0.609. The van der Waals surface area contributed by atoms with Crippen molar-refractivity contribution in [3.8, 4) is 5.75 Å². The Kier molecular flexibility index (Phi) is 8.46. The fourth-order valence-electron chi connectivity index (χ4n) is 2.69. The van der Waals surface area contributed by atoms with Crippen LogP contribution in [0.3, 0.4) is 0 Å². The van der Waals surface area contributed by atoms with Gasteiger partial charge in [-0.3, -0.25) is 4.79 Å². The van der Waals surface area contributed by atoms with Gasteiger partial charge < -0.3 is 20.1 Å². The van der Waals surface area contributed by atoms with Gasteiger partial charge >= 0.3 is 0 Å². The maximum Gasteiger partial charge on any atom is 0.239 e. The Morgan fingerprint density at radius 1 is 1.33 bits per heavy atom. The Morgan fingerprint density at radius 2 is 2.25 bits per heavy atom. The Hall–Kier alpha value is -1.75. The molecule has 1 aliphatic heterocycles. The van der Waals surface area contributed by atoms with Crippen molar-refractivity contribution >= 4 is 11.6 Å². The van der Waals surface area contributed by atoms with Crippen molar-refractivity contribution in [2.45, 2.75) is 51.6 Å². The molecule has 24 heavy (non-hydrogen) atoms. The van der Waals surface area contributed by atoms with Crippen LogP contribution in [0.2, 0.25) is 0 Å². The molecule has 1 atom stereocenters. The normalized spacial score (nSPS) is 16.8. The van der Waals surface area contributed by atoms with Gasteiger partial charge in [0.05, 0.1) is 19.3 Å². The number of hydrogen-bond donors (Lipinski definition) is 2. The number of ether oxygens (including phenoxy) is 2. The molecular formula is C19H30N2O3. The highest BCUT2D eigenvalue weighted by atomic mass is 16.5. The van der Waals surface area contributed by atoms with Crippen molar-refractivity contribution in [2.75, 3.05) is 31.6 Å². The zero-order chi connectivity index (χ0) is 17.0. The number of hydrogen-bond acceptors (Lipinski definition) is 4. The van der Waals surface area contributed by atoms with Crippen molar-refractivity contribution in [2.24, 2.45) is 0 Å². The van der Waals surface area contributed by atoms with Crippen molar-refractivity contribution in [3.05, 3.63) is 24.3 Å². The minimum Gasteiger partial charge on any atom is -0.494 e. The maximum atomic E-state index is 11.9. The lowest BCUT2D eigenvalue weighted by Crippen LogP contribution is -2.35. The number of benzene rings is 1. The van der Waals surface area contributed by atoms with E-state index in [1.165, 1.54) is 19.3 Å². The van der Waals surface area contributed by atoms with Gasteiger partial charge in [0.1, 0.15) is 5.75 Å². The van der Waals surface area contributed by atoms with Gasteiger partial charge in [-0.25, -0.2) is 0 Å². The monoisotopic (exact) mass is 334 g/mol. The van der Waals surface area contributed by atoms with Gasteiger partial charge in [0.15, 0.2) is 0 Å². The molecular weight excluding hydrogens is 304 g/mol. The van der Waals surface area contributed by atoms with Crippen LogP contribution < -0.4 is 15.4 Å². The van der Waals surface area contributed by atoms with Crippen molar-refractivity contribution in [1.29, 1.82) is 0 Å². The molecule has 0 aliphatic carbocycles. The zero-order valence-corrected chi connectivity index (χ0v) is 14.7. The third-order valence-electron chi connectivity index (χ3n) is 4.10. The smallest absolute Gasteiger partial charge is 0.239 e. The molecule has 0 bridgehead atoms. The molecule has 0 spiro atoms. The summed E-state index contributed by atoms with van der Waals surface area (Å²) in [5.41, 5.74) is 0.897. The number of carbonyl (C=O) groups is 1. The van der Waals surface area contributed by atoms with E-state index in [-0.39, 0.29) is 18.6 Å². The third-order valence-corrected chi connectivity index (χ3v) is 4.10. The molecule has 134 valence electrons. The highest BCUT2D eigenvalue weighted by Crippen LogP contribution is 2.17. The van der Waals surface area contributed by atoms with E-state index in [1.54, 1.807) is 0 Å². The van der Waals surface area contributed by atoms with E-state index < -0.39 is 0 Å². The van der Waals surface area contributed by atoms with Crippen LogP contribution in [0.25, 0.3) is 0 Å². The first-order chi connectivity index (χ1) is 11.8. The topological polar surface area (TPSA) is 59.6 Å². The second kappa shape index (κ2) is 10.9. The minimum absolute atomic E-state index is 0.0172. The predicted octanol–water partition coefficient (Wildman–Crippen LogP) is 3.35. The van der Waals surface area contributed by atoms with E-state index in [0.717, 1.165) is 43.9 Å². The van der Waals surface area contributed by atoms with Crippen molar-refractivity contribution in [1.82, 2.24) is 5.32 Å². The van der Waals surface area contributed by atoms with Crippen molar-refractivity contribution < 1.29 is 14.3 Å². The molecule has 1 aromatic carbocycles. The van der Waals surface area contributed by atoms with Crippen LogP contribution in [-0.4, -0.2) is 38.3 Å². The second-order valence-electron chi connectivity index (χ2n) is 6.23. The number of amides is 1. The maximum absolute atomic E-state index is 11.9. The first-order valence-electron chi connectivity index (χ1n) is 9.13. The average Bonchev–Trinajstić information content (AvgIpc) is 3.12. The van der Waals surface area contributed by atoms with Gasteiger partial charge in [-0.2, -0.15) is 0 Å². The predicted molar refractivity (Wildman–Crippen MR) is 96.6 cm³/mol. The van der Waals surface area contributed by atoms with Crippen LogP contribution >= 0.6 is 0 Å². The third kappa shape index (κ3) is 7.21. The Labute approximate surface area is 145 Å². The SMILES string of the molecule is CCCCCCOc1cccc(NCC(=O)NCC2CCCO2)c1. The largest absolute Gasteiger partial charge is 0.494 e. The van der Waals surface area contributed by atoms with Gasteiger partial charge in [0.25, 0.3) is 0 Å². The Bertz CT molecular complexity index is 487. The van der Waals surface area contributed by atoms with E-state index in [0.29, 0.717) is 6.54 Å². The summed E-state index contributed by atoms with van der Waals surface area (Å²) in [6.07, 6.45) is 7.07. The lowest BCUT2D eigenvalue weighted by molar-refractivity contribution is -0.119. The van der Waals surface area contributed by atoms with Crippen LogP contribution in [0, 0.1) is 0 Å². The van der Waals surface area contributed by atoms with Crippen LogP contribution in [0.4, 0.5) is 5.69 Å². The highest BCUT2D eigenvalue weighted by Gasteiger charge is 2.15. The summed E-state index contributed by atoms with van der Waals surface area (Å²) in [7, 11) is 0. The summed E-state index contributed by atoms with van der Waals surface area (Å²) in [5.74, 6) is 0.827. The lowest BCUT2D eigenvalue weighted by Gasteiger charge is -2.12. The molecule has 1 fully saturated rings. The number of unbranched alkanes of at least 4 members (excludes halogenated alkanes) is 3. The van der Waals surface area contributed by atoms with Crippen LogP contribution in [0.15, 0.2) is 24.3 Å². The Morgan fingerprint density at radius 3 is 3.04 bits per heavy atom. The molecule has 0 radical (unpaired) electrons. The number of carbonyl (C=O) groups excluding carboxylic acids is 1. The molecule has 5 nitrogen and oxygen atoms in total. The molecule has 2 N–H and O–H groups in total. The summed E-state index contributed by atoms with van der Waals surface area (Å²) in [4.78, 5) is 11.9. The van der Waals surface area contributed by atoms with Crippen molar-refractivity contribution in [3.63, 3.8) is 0 Å². The summed E-state index contributed by atoms with van der Waals surface area (Å²) in [6.45, 7) is 4.61. The molecule has 1 saturated heterocycles. The van der Waals surface area contributed by atoms with Gasteiger partial charge in [0, 0.05) is 24.9 Å². The van der Waals surface area contributed by atoms with Crippen LogP contribution in [0.5, 0.6) is 5.75 Å².